The van der Waals surface area contributed by atoms with Gasteiger partial charge in [0.25, 0.3) is 0 Å². The molecule has 2 unspecified atom stereocenters. The fourth-order valence-electron chi connectivity index (χ4n) is 3.62. The molecule has 0 radical (unpaired) electrons. The fraction of sp³-hybridized carbons (Fsp3) is 1.00. The number of rotatable bonds is 10. The van der Waals surface area contributed by atoms with E-state index in [0.29, 0.717) is 0 Å². The SMILES string of the molecule is CCCCCCCCCC1CCCCCC1NCC. The lowest BCUT2D eigenvalue weighted by Gasteiger charge is -2.26. The summed E-state index contributed by atoms with van der Waals surface area (Å²) in [5.41, 5.74) is 0. The first-order chi connectivity index (χ1) is 9.38. The Balaban J connectivity index is 2.10. The van der Waals surface area contributed by atoms with Crippen molar-refractivity contribution in [2.75, 3.05) is 6.54 Å². The van der Waals surface area contributed by atoms with E-state index in [4.69, 9.17) is 0 Å². The molecule has 1 fully saturated rings. The molecule has 0 aliphatic heterocycles. The molecule has 0 aromatic heterocycles. The molecule has 0 bridgehead atoms. The molecule has 0 amide bonds. The summed E-state index contributed by atoms with van der Waals surface area (Å²) in [5.74, 6) is 0.970. The van der Waals surface area contributed by atoms with Crippen LogP contribution in [-0.2, 0) is 0 Å². The highest BCUT2D eigenvalue weighted by Gasteiger charge is 2.22. The average molecular weight is 268 g/mol. The zero-order valence-corrected chi connectivity index (χ0v) is 13.6. The van der Waals surface area contributed by atoms with Gasteiger partial charge < -0.3 is 5.32 Å². The van der Waals surface area contributed by atoms with E-state index in [9.17, 15) is 0 Å². The quantitative estimate of drug-likeness (QED) is 0.396. The Labute approximate surface area is 121 Å². The van der Waals surface area contributed by atoms with E-state index in [-0.39, 0.29) is 0 Å². The molecule has 19 heavy (non-hydrogen) atoms. The summed E-state index contributed by atoms with van der Waals surface area (Å²) in [6.45, 7) is 5.71. The Morgan fingerprint density at radius 1 is 0.789 bits per heavy atom. The van der Waals surface area contributed by atoms with Crippen LogP contribution < -0.4 is 5.32 Å². The second kappa shape index (κ2) is 11.8. The largest absolute Gasteiger partial charge is 0.314 e. The van der Waals surface area contributed by atoms with Crippen LogP contribution in [0.25, 0.3) is 0 Å². The van der Waals surface area contributed by atoms with E-state index < -0.39 is 0 Å². The molecule has 0 spiro atoms. The van der Waals surface area contributed by atoms with Crippen LogP contribution in [0.5, 0.6) is 0 Å². The molecule has 0 heterocycles. The van der Waals surface area contributed by atoms with Gasteiger partial charge in [0.1, 0.15) is 0 Å². The number of unbranched alkanes of at least 4 members (excludes halogenated alkanes) is 6. The topological polar surface area (TPSA) is 12.0 Å². The minimum atomic E-state index is 0.826. The van der Waals surface area contributed by atoms with Gasteiger partial charge in [-0.15, -0.1) is 0 Å². The van der Waals surface area contributed by atoms with E-state index in [2.05, 4.69) is 19.2 Å². The molecule has 0 aromatic rings. The molecular formula is C18H37N. The highest BCUT2D eigenvalue weighted by molar-refractivity contribution is 4.79. The van der Waals surface area contributed by atoms with Crippen molar-refractivity contribution in [2.24, 2.45) is 5.92 Å². The molecule has 2 atom stereocenters. The number of hydrogen-bond donors (Lipinski definition) is 1. The first kappa shape index (κ1) is 17.0. The standard InChI is InChI=1S/C18H37N/c1-3-5-6-7-8-9-11-14-17-15-12-10-13-16-18(17)19-4-2/h17-19H,3-16H2,1-2H3. The molecular weight excluding hydrogens is 230 g/mol. The van der Waals surface area contributed by atoms with Gasteiger partial charge in [-0.1, -0.05) is 78.1 Å². The summed E-state index contributed by atoms with van der Waals surface area (Å²) < 4.78 is 0. The highest BCUT2D eigenvalue weighted by Crippen LogP contribution is 2.28. The molecule has 1 aliphatic rings. The minimum absolute atomic E-state index is 0.826. The third kappa shape index (κ3) is 7.97. The van der Waals surface area contributed by atoms with Gasteiger partial charge in [-0.25, -0.2) is 0 Å². The van der Waals surface area contributed by atoms with Gasteiger partial charge in [0.05, 0.1) is 0 Å². The van der Waals surface area contributed by atoms with Gasteiger partial charge in [0.15, 0.2) is 0 Å². The van der Waals surface area contributed by atoms with Gasteiger partial charge in [0.2, 0.25) is 0 Å². The lowest BCUT2D eigenvalue weighted by Crippen LogP contribution is -2.35. The normalized spacial score (nSPS) is 24.3. The predicted octanol–water partition coefficient (Wildman–Crippen LogP) is 5.69. The lowest BCUT2D eigenvalue weighted by molar-refractivity contribution is 0.311. The van der Waals surface area contributed by atoms with Crippen LogP contribution in [0.2, 0.25) is 0 Å². The Morgan fingerprint density at radius 2 is 1.47 bits per heavy atom. The van der Waals surface area contributed by atoms with E-state index in [1.54, 1.807) is 0 Å². The monoisotopic (exact) mass is 267 g/mol. The van der Waals surface area contributed by atoms with Crippen molar-refractivity contribution in [2.45, 2.75) is 103 Å². The Bertz CT molecular complexity index is 190. The minimum Gasteiger partial charge on any atom is -0.314 e. The second-order valence-electron chi connectivity index (χ2n) is 6.47. The van der Waals surface area contributed by atoms with Crippen LogP contribution in [0.3, 0.4) is 0 Å². The van der Waals surface area contributed by atoms with Crippen molar-refractivity contribution in [3.8, 4) is 0 Å². The van der Waals surface area contributed by atoms with E-state index in [1.165, 1.54) is 83.5 Å². The molecule has 1 saturated carbocycles. The van der Waals surface area contributed by atoms with E-state index in [1.807, 2.05) is 0 Å². The van der Waals surface area contributed by atoms with Crippen LogP contribution in [0.1, 0.15) is 97.3 Å². The zero-order valence-electron chi connectivity index (χ0n) is 13.6. The van der Waals surface area contributed by atoms with Gasteiger partial charge in [-0.3, -0.25) is 0 Å². The third-order valence-corrected chi connectivity index (χ3v) is 4.80. The summed E-state index contributed by atoms with van der Waals surface area (Å²) in [7, 11) is 0. The van der Waals surface area contributed by atoms with Gasteiger partial charge in [-0.2, -0.15) is 0 Å². The van der Waals surface area contributed by atoms with Crippen LogP contribution in [0.4, 0.5) is 0 Å². The Hall–Kier alpha value is -0.0400. The van der Waals surface area contributed by atoms with Crippen molar-refractivity contribution in [3.63, 3.8) is 0 Å². The molecule has 1 heteroatoms. The first-order valence-electron chi connectivity index (χ1n) is 9.11. The summed E-state index contributed by atoms with van der Waals surface area (Å²) in [4.78, 5) is 0. The summed E-state index contributed by atoms with van der Waals surface area (Å²) in [6.07, 6.45) is 18.9. The lowest BCUT2D eigenvalue weighted by atomic mass is 9.89. The smallest absolute Gasteiger partial charge is 0.00952 e. The van der Waals surface area contributed by atoms with E-state index >= 15 is 0 Å². The molecule has 114 valence electrons. The maximum atomic E-state index is 3.74. The van der Waals surface area contributed by atoms with Gasteiger partial charge >= 0.3 is 0 Å². The molecule has 0 aromatic carbocycles. The second-order valence-corrected chi connectivity index (χ2v) is 6.47. The molecule has 1 rings (SSSR count). The Morgan fingerprint density at radius 3 is 2.21 bits per heavy atom. The van der Waals surface area contributed by atoms with Crippen molar-refractivity contribution >= 4 is 0 Å². The third-order valence-electron chi connectivity index (χ3n) is 4.80. The Kier molecular flexibility index (Phi) is 10.5. The molecule has 0 saturated heterocycles. The zero-order chi connectivity index (χ0) is 13.8. The fourth-order valence-corrected chi connectivity index (χ4v) is 3.62. The predicted molar refractivity (Wildman–Crippen MR) is 86.6 cm³/mol. The number of hydrogen-bond acceptors (Lipinski definition) is 1. The summed E-state index contributed by atoms with van der Waals surface area (Å²) in [5, 5.41) is 3.74. The molecule has 1 nitrogen and oxygen atoms in total. The van der Waals surface area contributed by atoms with Gasteiger partial charge in [-0.05, 0) is 31.7 Å². The van der Waals surface area contributed by atoms with Crippen LogP contribution in [0, 0.1) is 5.92 Å². The van der Waals surface area contributed by atoms with Crippen molar-refractivity contribution in [3.05, 3.63) is 0 Å². The first-order valence-corrected chi connectivity index (χ1v) is 9.11. The van der Waals surface area contributed by atoms with Crippen LogP contribution in [-0.4, -0.2) is 12.6 Å². The van der Waals surface area contributed by atoms with Crippen molar-refractivity contribution in [1.29, 1.82) is 0 Å². The summed E-state index contributed by atoms with van der Waals surface area (Å²) >= 11 is 0. The molecule has 1 N–H and O–H groups in total. The van der Waals surface area contributed by atoms with Crippen LogP contribution >= 0.6 is 0 Å². The highest BCUT2D eigenvalue weighted by atomic mass is 14.9. The van der Waals surface area contributed by atoms with Crippen LogP contribution in [0.15, 0.2) is 0 Å². The average Bonchev–Trinajstić information content (AvgIpc) is 2.64. The van der Waals surface area contributed by atoms with Crippen molar-refractivity contribution < 1.29 is 0 Å². The van der Waals surface area contributed by atoms with Crippen molar-refractivity contribution in [1.82, 2.24) is 5.32 Å². The molecule has 1 aliphatic carbocycles. The van der Waals surface area contributed by atoms with Gasteiger partial charge in [0, 0.05) is 6.04 Å². The number of nitrogens with one attached hydrogen (secondary N) is 1. The maximum Gasteiger partial charge on any atom is 0.00952 e. The summed E-state index contributed by atoms with van der Waals surface area (Å²) in [6, 6.07) is 0.826. The van der Waals surface area contributed by atoms with E-state index in [0.717, 1.165) is 18.5 Å². The maximum absolute atomic E-state index is 3.74.